The first-order valence-electron chi connectivity index (χ1n) is 21.8. The minimum Gasteiger partial charge on any atom is -0.455 e. The van der Waals surface area contributed by atoms with Crippen LogP contribution >= 0.6 is 0 Å². The summed E-state index contributed by atoms with van der Waals surface area (Å²) in [4.78, 5) is 2.45. The maximum Gasteiger partial charge on any atom is 0.143 e. The lowest BCUT2D eigenvalue weighted by atomic mass is 9.66. The predicted octanol–water partition coefficient (Wildman–Crippen LogP) is 16.4. The second-order valence-electron chi connectivity index (χ2n) is 16.7. The van der Waals surface area contributed by atoms with E-state index in [2.05, 4.69) is 235 Å². The number of hydrogen-bond acceptors (Lipinski definition) is 2. The molecule has 63 heavy (non-hydrogen) atoms. The Kier molecular flexibility index (Phi) is 7.85. The van der Waals surface area contributed by atoms with Crippen molar-refractivity contribution in [3.05, 3.63) is 259 Å². The Hall–Kier alpha value is -8.20. The third-order valence-corrected chi connectivity index (χ3v) is 13.5. The fourth-order valence-electron chi connectivity index (χ4n) is 10.9. The lowest BCUT2D eigenvalue weighted by molar-refractivity contribution is 0.670. The van der Waals surface area contributed by atoms with Crippen LogP contribution < -0.4 is 4.90 Å². The quantitative estimate of drug-likeness (QED) is 0.172. The van der Waals surface area contributed by atoms with Crippen LogP contribution in [0.15, 0.2) is 241 Å². The molecule has 11 aromatic rings. The molecule has 294 valence electrons. The van der Waals surface area contributed by atoms with Gasteiger partial charge in [0.05, 0.1) is 11.1 Å². The van der Waals surface area contributed by atoms with Gasteiger partial charge in [0.15, 0.2) is 0 Å². The second kappa shape index (κ2) is 13.9. The van der Waals surface area contributed by atoms with E-state index in [1.165, 1.54) is 61.2 Å². The molecule has 1 heterocycles. The molecule has 0 amide bonds. The summed E-state index contributed by atoms with van der Waals surface area (Å²) in [6.07, 6.45) is 0. The van der Waals surface area contributed by atoms with Gasteiger partial charge in [-0.05, 0) is 103 Å². The molecule has 0 saturated heterocycles. The summed E-state index contributed by atoms with van der Waals surface area (Å²) in [5, 5.41) is 2.26. The van der Waals surface area contributed by atoms with Crippen molar-refractivity contribution in [1.29, 1.82) is 0 Å². The third-order valence-electron chi connectivity index (χ3n) is 13.5. The number of benzene rings is 10. The molecule has 2 aliphatic rings. The van der Waals surface area contributed by atoms with Gasteiger partial charge in [0.2, 0.25) is 0 Å². The van der Waals surface area contributed by atoms with Gasteiger partial charge in [-0.15, -0.1) is 0 Å². The first-order valence-corrected chi connectivity index (χ1v) is 21.8. The summed E-state index contributed by atoms with van der Waals surface area (Å²) in [5.74, 6) is 0. The number of furan rings is 1. The van der Waals surface area contributed by atoms with E-state index in [1.54, 1.807) is 0 Å². The van der Waals surface area contributed by atoms with E-state index in [0.717, 1.165) is 55.7 Å². The monoisotopic (exact) mass is 801 g/mol. The minimum atomic E-state index is -0.589. The number of nitrogens with zero attached hydrogens (tertiary/aromatic N) is 1. The molecule has 0 unspecified atom stereocenters. The van der Waals surface area contributed by atoms with Crippen LogP contribution in [-0.2, 0) is 5.41 Å². The smallest absolute Gasteiger partial charge is 0.143 e. The van der Waals surface area contributed by atoms with Gasteiger partial charge in [-0.2, -0.15) is 0 Å². The molecule has 1 spiro atoms. The first-order chi connectivity index (χ1) is 31.3. The fraction of sp³-hybridized carbons (Fsp3) is 0.0164. The molecule has 1 aromatic heterocycles. The van der Waals surface area contributed by atoms with Gasteiger partial charge in [0.1, 0.15) is 11.2 Å². The fourth-order valence-corrected chi connectivity index (χ4v) is 10.9. The summed E-state index contributed by atoms with van der Waals surface area (Å²) < 4.78 is 6.51. The maximum absolute atomic E-state index is 6.51. The van der Waals surface area contributed by atoms with Gasteiger partial charge >= 0.3 is 0 Å². The minimum absolute atomic E-state index is 0.589. The number of para-hydroxylation sites is 3. The summed E-state index contributed by atoms with van der Waals surface area (Å²) in [7, 11) is 0. The van der Waals surface area contributed by atoms with Crippen molar-refractivity contribution in [2.45, 2.75) is 5.41 Å². The molecule has 2 aliphatic carbocycles. The van der Waals surface area contributed by atoms with E-state index in [4.69, 9.17) is 4.42 Å². The maximum atomic E-state index is 6.51. The lowest BCUT2D eigenvalue weighted by Gasteiger charge is -2.36. The van der Waals surface area contributed by atoms with Crippen molar-refractivity contribution in [3.63, 3.8) is 0 Å². The Morgan fingerprint density at radius 3 is 1.46 bits per heavy atom. The largest absolute Gasteiger partial charge is 0.455 e. The molecular weight excluding hydrogens is 763 g/mol. The molecular formula is C61H39NO. The van der Waals surface area contributed by atoms with Crippen LogP contribution in [0, 0.1) is 0 Å². The van der Waals surface area contributed by atoms with E-state index < -0.39 is 5.41 Å². The van der Waals surface area contributed by atoms with Gasteiger partial charge in [-0.3, -0.25) is 0 Å². The van der Waals surface area contributed by atoms with Crippen molar-refractivity contribution < 1.29 is 4.42 Å². The van der Waals surface area contributed by atoms with Crippen molar-refractivity contribution >= 4 is 39.0 Å². The third kappa shape index (κ3) is 5.19. The van der Waals surface area contributed by atoms with E-state index in [1.807, 2.05) is 6.07 Å². The Labute approximate surface area is 366 Å². The molecule has 2 heteroatoms. The van der Waals surface area contributed by atoms with Gasteiger partial charge in [-0.1, -0.05) is 200 Å². The van der Waals surface area contributed by atoms with E-state index in [9.17, 15) is 0 Å². The molecule has 10 aromatic carbocycles. The standard InChI is InChI=1S/C61H39NO/c1-2-17-40(18-3-1)44-19-9-14-31-58(44)62(42-35-33-41(34-36-42)45-26-16-27-53-52-25-10-15-32-59(52)63-60(45)53)43-37-38-51-50-24-8-13-30-56(50)61(57(51)39-43)54-28-11-6-22-48(54)46-20-4-5-21-47(46)49-23-7-12-29-55(49)61/h1-39H. The highest BCUT2D eigenvalue weighted by Gasteiger charge is 2.49. The Balaban J connectivity index is 1.06. The van der Waals surface area contributed by atoms with Crippen molar-refractivity contribution in [3.8, 4) is 55.6 Å². The Morgan fingerprint density at radius 1 is 0.302 bits per heavy atom. The van der Waals surface area contributed by atoms with Crippen LogP contribution in [0.25, 0.3) is 77.6 Å². The summed E-state index contributed by atoms with van der Waals surface area (Å²) >= 11 is 0. The van der Waals surface area contributed by atoms with Crippen LogP contribution in [-0.4, -0.2) is 0 Å². The highest BCUT2D eigenvalue weighted by atomic mass is 16.3. The van der Waals surface area contributed by atoms with E-state index in [0.29, 0.717) is 0 Å². The van der Waals surface area contributed by atoms with E-state index in [-0.39, 0.29) is 0 Å². The molecule has 13 rings (SSSR count). The van der Waals surface area contributed by atoms with Gasteiger partial charge < -0.3 is 9.32 Å². The van der Waals surface area contributed by atoms with Gasteiger partial charge in [-0.25, -0.2) is 0 Å². The van der Waals surface area contributed by atoms with Crippen molar-refractivity contribution in [1.82, 2.24) is 0 Å². The topological polar surface area (TPSA) is 16.4 Å². The average molecular weight is 802 g/mol. The summed E-state index contributed by atoms with van der Waals surface area (Å²) in [6, 6.07) is 86.8. The zero-order chi connectivity index (χ0) is 41.5. The van der Waals surface area contributed by atoms with Crippen LogP contribution in [0.5, 0.6) is 0 Å². The molecule has 0 bridgehead atoms. The van der Waals surface area contributed by atoms with Gasteiger partial charge in [0, 0.05) is 33.3 Å². The first kappa shape index (κ1) is 35.5. The number of fused-ring (bicyclic) bond motifs is 15. The van der Waals surface area contributed by atoms with Crippen molar-refractivity contribution in [2.24, 2.45) is 0 Å². The number of rotatable bonds is 5. The molecule has 0 N–H and O–H groups in total. The summed E-state index contributed by atoms with van der Waals surface area (Å²) in [5.41, 5.74) is 21.8. The molecule has 0 atom stereocenters. The van der Waals surface area contributed by atoms with Crippen LogP contribution in [0.4, 0.5) is 17.1 Å². The highest BCUT2D eigenvalue weighted by Crippen LogP contribution is 2.62. The lowest BCUT2D eigenvalue weighted by Crippen LogP contribution is -2.29. The molecule has 0 radical (unpaired) electrons. The molecule has 0 saturated carbocycles. The Bertz CT molecular complexity index is 3510. The van der Waals surface area contributed by atoms with Crippen LogP contribution in [0.3, 0.4) is 0 Å². The zero-order valence-corrected chi connectivity index (χ0v) is 34.4. The summed E-state index contributed by atoms with van der Waals surface area (Å²) in [6.45, 7) is 0. The number of hydrogen-bond donors (Lipinski definition) is 0. The SMILES string of the molecule is c1ccc(-c2ccccc2N(c2ccc(-c3cccc4c3oc3ccccc34)cc2)c2ccc3c(c2)C2(c4ccccc4-c4ccccc4-c4ccccc42)c2ccccc2-3)cc1. The normalized spacial score (nSPS) is 12.9. The van der Waals surface area contributed by atoms with E-state index >= 15 is 0 Å². The molecule has 0 aliphatic heterocycles. The highest BCUT2D eigenvalue weighted by molar-refractivity contribution is 6.09. The average Bonchev–Trinajstić information content (AvgIpc) is 3.85. The van der Waals surface area contributed by atoms with Crippen LogP contribution in [0.1, 0.15) is 22.3 Å². The second-order valence-corrected chi connectivity index (χ2v) is 16.7. The van der Waals surface area contributed by atoms with Crippen LogP contribution in [0.2, 0.25) is 0 Å². The van der Waals surface area contributed by atoms with Crippen molar-refractivity contribution in [2.75, 3.05) is 4.90 Å². The predicted molar refractivity (Wildman–Crippen MR) is 261 cm³/mol. The Morgan fingerprint density at radius 2 is 0.778 bits per heavy atom. The zero-order valence-electron chi connectivity index (χ0n) is 34.4. The number of anilines is 3. The molecule has 2 nitrogen and oxygen atoms in total. The molecule has 0 fully saturated rings. The van der Waals surface area contributed by atoms with Gasteiger partial charge in [0.25, 0.3) is 0 Å².